The molecular weight excluding hydrogens is 241 g/mol. The second-order valence-electron chi connectivity index (χ2n) is 6.10. The number of nitrogens with two attached hydrogens (primary N) is 1. The summed E-state index contributed by atoms with van der Waals surface area (Å²) in [5, 5.41) is 0. The first-order valence-corrected chi connectivity index (χ1v) is 6.92. The maximum absolute atomic E-state index is 12.6. The summed E-state index contributed by atoms with van der Waals surface area (Å²) in [5.74, 6) is -0.515. The highest BCUT2D eigenvalue weighted by molar-refractivity contribution is 4.87. The molecule has 2 atom stereocenters. The molecule has 0 amide bonds. The molecule has 0 spiro atoms. The van der Waals surface area contributed by atoms with Gasteiger partial charge in [-0.25, -0.2) is 0 Å². The summed E-state index contributed by atoms with van der Waals surface area (Å²) in [5.41, 5.74) is 6.00. The number of halogens is 3. The molecule has 18 heavy (non-hydrogen) atoms. The van der Waals surface area contributed by atoms with E-state index in [1.807, 2.05) is 0 Å². The molecule has 0 aromatic rings. The number of hydrogen-bond acceptors (Lipinski definition) is 2. The van der Waals surface area contributed by atoms with Gasteiger partial charge in [-0.2, -0.15) is 13.2 Å². The molecule has 0 aromatic heterocycles. The molecule has 1 aliphatic carbocycles. The van der Waals surface area contributed by atoms with E-state index < -0.39 is 12.1 Å². The van der Waals surface area contributed by atoms with Crippen LogP contribution in [0.2, 0.25) is 0 Å². The van der Waals surface area contributed by atoms with Gasteiger partial charge in [0.15, 0.2) is 0 Å². The molecule has 2 unspecified atom stereocenters. The fourth-order valence-electron chi connectivity index (χ4n) is 3.51. The Morgan fingerprint density at radius 2 is 1.67 bits per heavy atom. The smallest absolute Gasteiger partial charge is 0.327 e. The lowest BCUT2D eigenvalue weighted by molar-refractivity contribution is -0.184. The van der Waals surface area contributed by atoms with Crippen LogP contribution in [-0.4, -0.2) is 36.2 Å². The molecule has 0 aromatic carbocycles. The summed E-state index contributed by atoms with van der Waals surface area (Å²) in [7, 11) is 0. The lowest BCUT2D eigenvalue weighted by Gasteiger charge is -2.42. The van der Waals surface area contributed by atoms with Crippen LogP contribution in [0.3, 0.4) is 0 Å². The summed E-state index contributed by atoms with van der Waals surface area (Å²) < 4.78 is 37.8. The predicted molar refractivity (Wildman–Crippen MR) is 65.1 cm³/mol. The largest absolute Gasteiger partial charge is 0.391 e. The standard InChI is InChI=1S/C13H23F3N2/c1-9-6-11(17)8-18(7-9)12-4-2-10(3-5-12)13(14,15)16/h9-12H,2-8,17H2,1H3. The summed E-state index contributed by atoms with van der Waals surface area (Å²) in [6.07, 6.45) is -1.05. The quantitative estimate of drug-likeness (QED) is 0.789. The van der Waals surface area contributed by atoms with Crippen molar-refractivity contribution in [3.8, 4) is 0 Å². The highest BCUT2D eigenvalue weighted by Gasteiger charge is 2.42. The van der Waals surface area contributed by atoms with Gasteiger partial charge in [0.05, 0.1) is 5.92 Å². The number of nitrogens with zero attached hydrogens (tertiary/aromatic N) is 1. The number of hydrogen-bond donors (Lipinski definition) is 1. The molecule has 2 fully saturated rings. The molecule has 0 radical (unpaired) electrons. The molecule has 106 valence electrons. The lowest BCUT2D eigenvalue weighted by atomic mass is 9.83. The zero-order valence-corrected chi connectivity index (χ0v) is 10.9. The van der Waals surface area contributed by atoms with E-state index >= 15 is 0 Å². The van der Waals surface area contributed by atoms with Crippen molar-refractivity contribution in [2.24, 2.45) is 17.6 Å². The van der Waals surface area contributed by atoms with Crippen LogP contribution < -0.4 is 5.73 Å². The van der Waals surface area contributed by atoms with Crippen LogP contribution in [0.15, 0.2) is 0 Å². The van der Waals surface area contributed by atoms with E-state index in [1.165, 1.54) is 0 Å². The van der Waals surface area contributed by atoms with E-state index in [0.29, 0.717) is 24.8 Å². The molecule has 0 bridgehead atoms. The van der Waals surface area contributed by atoms with E-state index in [2.05, 4.69) is 11.8 Å². The average Bonchev–Trinajstić information content (AvgIpc) is 2.27. The number of likely N-dealkylation sites (tertiary alicyclic amines) is 1. The van der Waals surface area contributed by atoms with Crippen LogP contribution >= 0.6 is 0 Å². The second-order valence-corrected chi connectivity index (χ2v) is 6.10. The van der Waals surface area contributed by atoms with Gasteiger partial charge in [0.25, 0.3) is 0 Å². The van der Waals surface area contributed by atoms with Crippen LogP contribution in [0.25, 0.3) is 0 Å². The highest BCUT2D eigenvalue weighted by Crippen LogP contribution is 2.39. The van der Waals surface area contributed by atoms with Gasteiger partial charge in [-0.05, 0) is 38.0 Å². The molecule has 1 heterocycles. The minimum Gasteiger partial charge on any atom is -0.327 e. The first-order valence-electron chi connectivity index (χ1n) is 6.92. The van der Waals surface area contributed by atoms with Gasteiger partial charge in [-0.1, -0.05) is 6.92 Å². The molecule has 1 saturated carbocycles. The third-order valence-electron chi connectivity index (χ3n) is 4.40. The van der Waals surface area contributed by atoms with Crippen LogP contribution in [0, 0.1) is 11.8 Å². The second kappa shape index (κ2) is 5.37. The van der Waals surface area contributed by atoms with Crippen LogP contribution in [0.1, 0.15) is 39.0 Å². The SMILES string of the molecule is CC1CC(N)CN(C2CCC(C(F)(F)F)CC2)C1. The van der Waals surface area contributed by atoms with E-state index in [4.69, 9.17) is 5.73 Å². The first kappa shape index (κ1) is 14.1. The van der Waals surface area contributed by atoms with E-state index in [9.17, 15) is 13.2 Å². The van der Waals surface area contributed by atoms with Crippen molar-refractivity contribution in [3.63, 3.8) is 0 Å². The Morgan fingerprint density at radius 1 is 1.06 bits per heavy atom. The molecule has 5 heteroatoms. The summed E-state index contributed by atoms with van der Waals surface area (Å²) in [4.78, 5) is 2.32. The summed E-state index contributed by atoms with van der Waals surface area (Å²) in [6.45, 7) is 4.02. The number of piperidine rings is 1. The topological polar surface area (TPSA) is 29.3 Å². The highest BCUT2D eigenvalue weighted by atomic mass is 19.4. The van der Waals surface area contributed by atoms with Crippen molar-refractivity contribution in [3.05, 3.63) is 0 Å². The fraction of sp³-hybridized carbons (Fsp3) is 1.00. The molecule has 1 aliphatic heterocycles. The van der Waals surface area contributed by atoms with E-state index in [0.717, 1.165) is 19.5 Å². The zero-order valence-electron chi connectivity index (χ0n) is 10.9. The minimum atomic E-state index is -4.00. The van der Waals surface area contributed by atoms with Crippen molar-refractivity contribution < 1.29 is 13.2 Å². The van der Waals surface area contributed by atoms with Gasteiger partial charge in [0.2, 0.25) is 0 Å². The molecule has 2 nitrogen and oxygen atoms in total. The first-order chi connectivity index (χ1) is 8.36. The van der Waals surface area contributed by atoms with Gasteiger partial charge in [0.1, 0.15) is 0 Å². The van der Waals surface area contributed by atoms with Crippen molar-refractivity contribution in [1.29, 1.82) is 0 Å². The van der Waals surface area contributed by atoms with Crippen LogP contribution in [0.4, 0.5) is 13.2 Å². The van der Waals surface area contributed by atoms with Crippen LogP contribution in [0.5, 0.6) is 0 Å². The third-order valence-corrected chi connectivity index (χ3v) is 4.40. The van der Waals surface area contributed by atoms with E-state index in [1.54, 1.807) is 0 Å². The predicted octanol–water partition coefficient (Wildman–Crippen LogP) is 2.78. The van der Waals surface area contributed by atoms with Gasteiger partial charge in [-0.3, -0.25) is 4.90 Å². The van der Waals surface area contributed by atoms with Gasteiger partial charge >= 0.3 is 6.18 Å². The molecular formula is C13H23F3N2. The van der Waals surface area contributed by atoms with E-state index in [-0.39, 0.29) is 18.9 Å². The maximum atomic E-state index is 12.6. The van der Waals surface area contributed by atoms with Crippen molar-refractivity contribution in [2.75, 3.05) is 13.1 Å². The molecule has 2 aliphatic rings. The molecule has 1 saturated heterocycles. The average molecular weight is 264 g/mol. The maximum Gasteiger partial charge on any atom is 0.391 e. The van der Waals surface area contributed by atoms with Gasteiger partial charge < -0.3 is 5.73 Å². The summed E-state index contributed by atoms with van der Waals surface area (Å²) >= 11 is 0. The number of rotatable bonds is 1. The minimum absolute atomic E-state index is 0.189. The Morgan fingerprint density at radius 3 is 2.17 bits per heavy atom. The lowest BCUT2D eigenvalue weighted by Crippen LogP contribution is -2.51. The Hall–Kier alpha value is -0.290. The molecule has 2 rings (SSSR count). The van der Waals surface area contributed by atoms with Crippen LogP contribution in [-0.2, 0) is 0 Å². The summed E-state index contributed by atoms with van der Waals surface area (Å²) in [6, 6.07) is 0.506. The number of alkyl halides is 3. The van der Waals surface area contributed by atoms with Crippen molar-refractivity contribution >= 4 is 0 Å². The Bertz CT molecular complexity index is 262. The van der Waals surface area contributed by atoms with Crippen molar-refractivity contribution in [2.45, 2.75) is 57.3 Å². The Balaban J connectivity index is 1.86. The van der Waals surface area contributed by atoms with Gasteiger partial charge in [-0.15, -0.1) is 0 Å². The Kier molecular flexibility index (Phi) is 4.22. The monoisotopic (exact) mass is 264 g/mol. The Labute approximate surface area is 107 Å². The zero-order chi connectivity index (χ0) is 13.3. The molecule has 2 N–H and O–H groups in total. The third kappa shape index (κ3) is 3.38. The fourth-order valence-corrected chi connectivity index (χ4v) is 3.51. The van der Waals surface area contributed by atoms with Crippen molar-refractivity contribution in [1.82, 2.24) is 4.90 Å². The normalized spacial score (nSPS) is 39.8. The van der Waals surface area contributed by atoms with Gasteiger partial charge in [0, 0.05) is 25.2 Å².